The summed E-state index contributed by atoms with van der Waals surface area (Å²) in [5, 5.41) is 6.51. The molecule has 114 valence electrons. The third-order valence-corrected chi connectivity index (χ3v) is 2.86. The van der Waals surface area contributed by atoms with Crippen molar-refractivity contribution < 1.29 is 9.47 Å². The van der Waals surface area contributed by atoms with Crippen molar-refractivity contribution in [3.8, 4) is 0 Å². The molecule has 0 saturated carbocycles. The Labute approximate surface area is 118 Å². The third-order valence-electron chi connectivity index (χ3n) is 2.86. The first-order valence-corrected chi connectivity index (χ1v) is 7.13. The highest BCUT2D eigenvalue weighted by atomic mass is 16.5. The van der Waals surface area contributed by atoms with Gasteiger partial charge in [-0.15, -0.1) is 0 Å². The monoisotopic (exact) mass is 273 g/mol. The summed E-state index contributed by atoms with van der Waals surface area (Å²) in [6.45, 7) is 9.49. The van der Waals surface area contributed by atoms with Gasteiger partial charge >= 0.3 is 0 Å². The first-order valence-electron chi connectivity index (χ1n) is 7.13. The number of unbranched alkanes of at least 4 members (excludes halogenated alkanes) is 1. The van der Waals surface area contributed by atoms with Crippen molar-refractivity contribution in [2.75, 3.05) is 40.5 Å². The molecule has 0 rings (SSSR count). The van der Waals surface area contributed by atoms with Gasteiger partial charge in [0.05, 0.1) is 5.60 Å². The fourth-order valence-corrected chi connectivity index (χ4v) is 1.32. The Morgan fingerprint density at radius 3 is 2.42 bits per heavy atom. The van der Waals surface area contributed by atoms with Gasteiger partial charge in [0.15, 0.2) is 5.96 Å². The molecule has 0 unspecified atom stereocenters. The van der Waals surface area contributed by atoms with Crippen LogP contribution < -0.4 is 10.6 Å². The Hall–Kier alpha value is -0.810. The molecule has 2 N–H and O–H groups in total. The van der Waals surface area contributed by atoms with Gasteiger partial charge in [-0.05, 0) is 26.7 Å². The van der Waals surface area contributed by atoms with Gasteiger partial charge in [-0.2, -0.15) is 0 Å². The molecule has 0 heterocycles. The van der Waals surface area contributed by atoms with E-state index in [0.29, 0.717) is 0 Å². The number of nitrogens with one attached hydrogen (secondary N) is 2. The Morgan fingerprint density at radius 2 is 1.84 bits per heavy atom. The van der Waals surface area contributed by atoms with Crippen LogP contribution in [0, 0.1) is 0 Å². The number of guanidine groups is 1. The fraction of sp³-hybridized carbons (Fsp3) is 0.929. The van der Waals surface area contributed by atoms with Crippen molar-refractivity contribution >= 4 is 5.96 Å². The van der Waals surface area contributed by atoms with Crippen molar-refractivity contribution in [3.63, 3.8) is 0 Å². The molecule has 0 aliphatic carbocycles. The summed E-state index contributed by atoms with van der Waals surface area (Å²) < 4.78 is 10.8. The number of ether oxygens (including phenoxy) is 2. The molecule has 0 aromatic heterocycles. The van der Waals surface area contributed by atoms with Gasteiger partial charge < -0.3 is 20.1 Å². The lowest BCUT2D eigenvalue weighted by atomic mass is 10.1. The standard InChI is InChI=1S/C14H31N3O2/c1-6-7-10-19-11-8-9-16-13(15-4)17-12-14(2,3)18-5/h6-12H2,1-5H3,(H2,15,16,17). The highest BCUT2D eigenvalue weighted by molar-refractivity contribution is 5.79. The zero-order valence-electron chi connectivity index (χ0n) is 13.2. The molecule has 5 nitrogen and oxygen atoms in total. The van der Waals surface area contributed by atoms with Crippen LogP contribution in [-0.4, -0.2) is 52.0 Å². The lowest BCUT2D eigenvalue weighted by molar-refractivity contribution is 0.0268. The Kier molecular flexibility index (Phi) is 10.6. The van der Waals surface area contributed by atoms with Crippen molar-refractivity contribution in [3.05, 3.63) is 0 Å². The minimum atomic E-state index is -0.194. The molecule has 0 aromatic rings. The van der Waals surface area contributed by atoms with Crippen LogP contribution in [0.15, 0.2) is 4.99 Å². The van der Waals surface area contributed by atoms with Crippen molar-refractivity contribution in [2.45, 2.75) is 45.6 Å². The van der Waals surface area contributed by atoms with Gasteiger partial charge in [0.2, 0.25) is 0 Å². The molecule has 0 atom stereocenters. The van der Waals surface area contributed by atoms with Gasteiger partial charge in [0, 0.05) is 40.5 Å². The van der Waals surface area contributed by atoms with Crippen LogP contribution in [0.25, 0.3) is 0 Å². The smallest absolute Gasteiger partial charge is 0.191 e. The molecule has 0 fully saturated rings. The van der Waals surface area contributed by atoms with Crippen molar-refractivity contribution in [1.82, 2.24) is 10.6 Å². The molecule has 0 amide bonds. The molecule has 0 spiro atoms. The van der Waals surface area contributed by atoms with E-state index in [1.165, 1.54) is 6.42 Å². The maximum atomic E-state index is 5.50. The Bertz CT molecular complexity index is 243. The average Bonchev–Trinajstić information content (AvgIpc) is 2.41. The number of methoxy groups -OCH3 is 1. The quantitative estimate of drug-likeness (QED) is 0.362. The lowest BCUT2D eigenvalue weighted by Gasteiger charge is -2.24. The fourth-order valence-electron chi connectivity index (χ4n) is 1.32. The predicted molar refractivity (Wildman–Crippen MR) is 80.8 cm³/mol. The molecule has 0 aliphatic rings. The van der Waals surface area contributed by atoms with E-state index in [0.717, 1.165) is 45.1 Å². The summed E-state index contributed by atoms with van der Waals surface area (Å²) >= 11 is 0. The predicted octanol–water partition coefficient (Wildman–Crippen LogP) is 1.78. The second-order valence-corrected chi connectivity index (χ2v) is 5.14. The Morgan fingerprint density at radius 1 is 1.16 bits per heavy atom. The van der Waals surface area contributed by atoms with Crippen molar-refractivity contribution in [2.24, 2.45) is 4.99 Å². The van der Waals surface area contributed by atoms with Crippen molar-refractivity contribution in [1.29, 1.82) is 0 Å². The molecule has 0 bridgehead atoms. The van der Waals surface area contributed by atoms with Gasteiger partial charge in [0.25, 0.3) is 0 Å². The molecular weight excluding hydrogens is 242 g/mol. The molecule has 5 heteroatoms. The first-order chi connectivity index (χ1) is 9.05. The maximum Gasteiger partial charge on any atom is 0.191 e. The van der Waals surface area contributed by atoms with E-state index in [1.54, 1.807) is 14.2 Å². The van der Waals surface area contributed by atoms with E-state index < -0.39 is 0 Å². The van der Waals surface area contributed by atoms with Crippen LogP contribution in [0.2, 0.25) is 0 Å². The second-order valence-electron chi connectivity index (χ2n) is 5.14. The number of rotatable bonds is 10. The van der Waals surface area contributed by atoms with Gasteiger partial charge in [-0.25, -0.2) is 0 Å². The normalized spacial score (nSPS) is 12.6. The van der Waals surface area contributed by atoms with Crippen LogP contribution in [0.3, 0.4) is 0 Å². The van der Waals surface area contributed by atoms with Gasteiger partial charge in [-0.3, -0.25) is 4.99 Å². The zero-order valence-corrected chi connectivity index (χ0v) is 13.2. The summed E-state index contributed by atoms with van der Waals surface area (Å²) in [6.07, 6.45) is 3.31. The van der Waals surface area contributed by atoms with E-state index in [4.69, 9.17) is 9.47 Å². The number of hydrogen-bond donors (Lipinski definition) is 2. The summed E-state index contributed by atoms with van der Waals surface area (Å²) in [7, 11) is 3.48. The minimum Gasteiger partial charge on any atom is -0.381 e. The second kappa shape index (κ2) is 11.1. The average molecular weight is 273 g/mol. The zero-order chi connectivity index (χ0) is 14.6. The lowest BCUT2D eigenvalue weighted by Crippen LogP contribution is -2.45. The highest BCUT2D eigenvalue weighted by Crippen LogP contribution is 2.04. The van der Waals surface area contributed by atoms with E-state index in [9.17, 15) is 0 Å². The molecule has 0 saturated heterocycles. The molecule has 0 radical (unpaired) electrons. The molecule has 0 aromatic carbocycles. The van der Waals surface area contributed by atoms with Crippen LogP contribution in [0.4, 0.5) is 0 Å². The topological polar surface area (TPSA) is 54.9 Å². The largest absolute Gasteiger partial charge is 0.381 e. The van der Waals surface area contributed by atoms with Gasteiger partial charge in [-0.1, -0.05) is 13.3 Å². The summed E-state index contributed by atoms with van der Waals surface area (Å²) in [5.74, 6) is 0.804. The van der Waals surface area contributed by atoms with Gasteiger partial charge in [0.1, 0.15) is 0 Å². The maximum absolute atomic E-state index is 5.50. The van der Waals surface area contributed by atoms with E-state index in [2.05, 4.69) is 22.5 Å². The van der Waals surface area contributed by atoms with Crippen LogP contribution in [0.5, 0.6) is 0 Å². The highest BCUT2D eigenvalue weighted by Gasteiger charge is 2.16. The number of aliphatic imine (C=N–C) groups is 1. The summed E-state index contributed by atoms with van der Waals surface area (Å²) in [6, 6.07) is 0. The number of nitrogens with zero attached hydrogens (tertiary/aromatic N) is 1. The van der Waals surface area contributed by atoms with Crippen LogP contribution in [-0.2, 0) is 9.47 Å². The molecular formula is C14H31N3O2. The molecule has 0 aliphatic heterocycles. The number of hydrogen-bond acceptors (Lipinski definition) is 3. The van der Waals surface area contributed by atoms with Crippen LogP contribution >= 0.6 is 0 Å². The first kappa shape index (κ1) is 18.2. The minimum absolute atomic E-state index is 0.194. The van der Waals surface area contributed by atoms with E-state index in [-0.39, 0.29) is 5.60 Å². The summed E-state index contributed by atoms with van der Waals surface area (Å²) in [5.41, 5.74) is -0.194. The molecule has 19 heavy (non-hydrogen) atoms. The summed E-state index contributed by atoms with van der Waals surface area (Å²) in [4.78, 5) is 4.17. The van der Waals surface area contributed by atoms with E-state index in [1.807, 2.05) is 13.8 Å². The van der Waals surface area contributed by atoms with Crippen LogP contribution in [0.1, 0.15) is 40.0 Å². The Balaban J connectivity index is 3.61. The van der Waals surface area contributed by atoms with E-state index >= 15 is 0 Å². The third kappa shape index (κ3) is 10.8. The SMILES string of the molecule is CCCCOCCCNC(=NC)NCC(C)(C)OC.